The summed E-state index contributed by atoms with van der Waals surface area (Å²) in [7, 11) is 1.88. The van der Waals surface area contributed by atoms with Crippen LogP contribution in [-0.4, -0.2) is 16.3 Å². The molecule has 0 atom stereocenters. The average Bonchev–Trinajstić information content (AvgIpc) is 2.67. The van der Waals surface area contributed by atoms with Gasteiger partial charge < -0.3 is 10.5 Å². The normalized spacial score (nSPS) is 10.8. The minimum absolute atomic E-state index is 0.399. The first-order valence-corrected chi connectivity index (χ1v) is 7.07. The number of rotatable bonds is 5. The van der Waals surface area contributed by atoms with Crippen molar-refractivity contribution in [2.45, 2.75) is 20.0 Å². The number of nitrogens with two attached hydrogens (primary N) is 1. The molecule has 0 amide bonds. The second-order valence-electron chi connectivity index (χ2n) is 4.60. The summed E-state index contributed by atoms with van der Waals surface area (Å²) < 4.78 is 7.64. The van der Waals surface area contributed by atoms with E-state index in [0.717, 1.165) is 17.0 Å². The highest BCUT2D eigenvalue weighted by Crippen LogP contribution is 2.33. The lowest BCUT2D eigenvalue weighted by Gasteiger charge is -2.13. The first-order chi connectivity index (χ1) is 9.51. The first-order valence-electron chi connectivity index (χ1n) is 6.31. The molecule has 2 rings (SSSR count). The van der Waals surface area contributed by atoms with Crippen LogP contribution in [0.3, 0.4) is 0 Å². The number of hydrogen-bond acceptors (Lipinski definition) is 3. The lowest BCUT2D eigenvalue weighted by molar-refractivity contribution is 0.292. The lowest BCUT2D eigenvalue weighted by atomic mass is 10.1. The molecular formula is C14H17Cl2N3O. The molecule has 0 radical (unpaired) electrons. The maximum Gasteiger partial charge on any atom is 0.141 e. The van der Waals surface area contributed by atoms with E-state index in [1.54, 1.807) is 10.7 Å². The van der Waals surface area contributed by atoms with Crippen molar-refractivity contribution < 1.29 is 4.74 Å². The van der Waals surface area contributed by atoms with Crippen LogP contribution in [0, 0.1) is 6.92 Å². The Balaban J connectivity index is 2.22. The summed E-state index contributed by atoms with van der Waals surface area (Å²) in [5.41, 5.74) is 8.46. The van der Waals surface area contributed by atoms with Gasteiger partial charge in [0.05, 0.1) is 16.4 Å². The maximum absolute atomic E-state index is 6.21. The van der Waals surface area contributed by atoms with Crippen molar-refractivity contribution in [2.75, 3.05) is 6.54 Å². The molecule has 0 bridgehead atoms. The molecule has 0 aliphatic rings. The van der Waals surface area contributed by atoms with Gasteiger partial charge in [-0.15, -0.1) is 0 Å². The predicted molar refractivity (Wildman–Crippen MR) is 81.5 cm³/mol. The van der Waals surface area contributed by atoms with E-state index in [4.69, 9.17) is 33.7 Å². The summed E-state index contributed by atoms with van der Waals surface area (Å²) in [6, 6.07) is 5.49. The number of aromatic nitrogens is 2. The second kappa shape index (κ2) is 6.48. The van der Waals surface area contributed by atoms with Gasteiger partial charge in [-0.2, -0.15) is 5.10 Å². The van der Waals surface area contributed by atoms with Crippen molar-refractivity contribution in [2.24, 2.45) is 12.8 Å². The minimum Gasteiger partial charge on any atom is -0.485 e. The molecule has 108 valence electrons. The van der Waals surface area contributed by atoms with Gasteiger partial charge in [-0.25, -0.2) is 0 Å². The van der Waals surface area contributed by atoms with Crippen LogP contribution in [0.5, 0.6) is 5.75 Å². The van der Waals surface area contributed by atoms with Crippen LogP contribution in [0.25, 0.3) is 0 Å². The van der Waals surface area contributed by atoms with E-state index in [0.29, 0.717) is 35.4 Å². The van der Waals surface area contributed by atoms with Gasteiger partial charge >= 0.3 is 0 Å². The Morgan fingerprint density at radius 3 is 2.65 bits per heavy atom. The Kier molecular flexibility index (Phi) is 4.91. The Labute approximate surface area is 128 Å². The van der Waals surface area contributed by atoms with E-state index in [-0.39, 0.29) is 0 Å². The Hall–Kier alpha value is -1.23. The highest BCUT2D eigenvalue weighted by molar-refractivity contribution is 6.35. The van der Waals surface area contributed by atoms with E-state index >= 15 is 0 Å². The van der Waals surface area contributed by atoms with Crippen molar-refractivity contribution in [1.29, 1.82) is 0 Å². The number of hydrogen-bond donors (Lipinski definition) is 1. The summed E-state index contributed by atoms with van der Waals surface area (Å²) in [5.74, 6) is 0.639. The monoisotopic (exact) mass is 313 g/mol. The van der Waals surface area contributed by atoms with E-state index in [9.17, 15) is 0 Å². The molecule has 1 heterocycles. The summed E-state index contributed by atoms with van der Waals surface area (Å²) in [6.07, 6.45) is 0.667. The summed E-state index contributed by atoms with van der Waals surface area (Å²) in [6.45, 7) is 2.85. The fourth-order valence-electron chi connectivity index (χ4n) is 2.06. The molecular weight excluding hydrogens is 297 g/mol. The molecule has 0 aliphatic carbocycles. The highest BCUT2D eigenvalue weighted by atomic mass is 35.5. The van der Waals surface area contributed by atoms with Crippen molar-refractivity contribution in [3.8, 4) is 5.75 Å². The van der Waals surface area contributed by atoms with Crippen LogP contribution in [0.4, 0.5) is 0 Å². The molecule has 1 aromatic carbocycles. The van der Waals surface area contributed by atoms with Crippen molar-refractivity contribution >= 4 is 23.2 Å². The fraction of sp³-hybridized carbons (Fsp3) is 0.357. The molecule has 0 saturated heterocycles. The molecule has 1 aromatic heterocycles. The van der Waals surface area contributed by atoms with Crippen LogP contribution >= 0.6 is 23.2 Å². The first kappa shape index (κ1) is 15.2. The topological polar surface area (TPSA) is 53.1 Å². The fourth-order valence-corrected chi connectivity index (χ4v) is 2.65. The number of benzene rings is 1. The van der Waals surface area contributed by atoms with Gasteiger partial charge in [-0.1, -0.05) is 23.2 Å². The van der Waals surface area contributed by atoms with Gasteiger partial charge in [0, 0.05) is 12.1 Å². The third kappa shape index (κ3) is 3.45. The molecule has 0 saturated carbocycles. The minimum atomic E-state index is 0.399. The van der Waals surface area contributed by atoms with Crippen LogP contribution < -0.4 is 10.5 Å². The zero-order valence-corrected chi connectivity index (χ0v) is 13.0. The van der Waals surface area contributed by atoms with Crippen molar-refractivity contribution in [3.63, 3.8) is 0 Å². The summed E-state index contributed by atoms with van der Waals surface area (Å²) in [4.78, 5) is 0. The zero-order chi connectivity index (χ0) is 14.7. The van der Waals surface area contributed by atoms with E-state index < -0.39 is 0 Å². The Bertz CT molecular complexity index is 611. The quantitative estimate of drug-likeness (QED) is 0.922. The maximum atomic E-state index is 6.21. The smallest absolute Gasteiger partial charge is 0.141 e. The van der Waals surface area contributed by atoms with Crippen LogP contribution in [0.15, 0.2) is 18.2 Å². The number of aryl methyl sites for hydroxylation is 2. The average molecular weight is 314 g/mol. The molecule has 2 aromatic rings. The Morgan fingerprint density at radius 2 is 2.05 bits per heavy atom. The van der Waals surface area contributed by atoms with Gasteiger partial charge in [-0.3, -0.25) is 4.68 Å². The van der Waals surface area contributed by atoms with Gasteiger partial charge in [0.2, 0.25) is 0 Å². The molecule has 4 nitrogen and oxygen atoms in total. The molecule has 2 N–H and O–H groups in total. The van der Waals surface area contributed by atoms with E-state index in [1.165, 1.54) is 0 Å². The SMILES string of the molecule is Cc1cc(COc2c(Cl)cc(Cl)cc2CCN)n(C)n1. The van der Waals surface area contributed by atoms with Gasteiger partial charge in [-0.05, 0) is 43.7 Å². The van der Waals surface area contributed by atoms with Crippen LogP contribution in [0.2, 0.25) is 10.0 Å². The van der Waals surface area contributed by atoms with E-state index in [2.05, 4.69) is 5.10 Å². The molecule has 0 unspecified atom stereocenters. The molecule has 6 heteroatoms. The molecule has 0 spiro atoms. The van der Waals surface area contributed by atoms with Crippen molar-refractivity contribution in [1.82, 2.24) is 9.78 Å². The number of nitrogens with zero attached hydrogens (tertiary/aromatic N) is 2. The second-order valence-corrected chi connectivity index (χ2v) is 5.45. The molecule has 20 heavy (non-hydrogen) atoms. The lowest BCUT2D eigenvalue weighted by Crippen LogP contribution is -2.08. The van der Waals surface area contributed by atoms with Crippen molar-refractivity contribution in [3.05, 3.63) is 45.2 Å². The molecule has 0 aliphatic heterocycles. The van der Waals surface area contributed by atoms with Gasteiger partial charge in [0.1, 0.15) is 12.4 Å². The Morgan fingerprint density at radius 1 is 1.30 bits per heavy atom. The number of ether oxygens (including phenoxy) is 1. The van der Waals surface area contributed by atoms with E-state index in [1.807, 2.05) is 26.1 Å². The standard InChI is InChI=1S/C14H17Cl2N3O/c1-9-5-12(19(2)18-9)8-20-14-10(3-4-17)6-11(15)7-13(14)16/h5-7H,3-4,8,17H2,1-2H3. The van der Waals surface area contributed by atoms with Gasteiger partial charge in [0.25, 0.3) is 0 Å². The summed E-state index contributed by atoms with van der Waals surface area (Å²) in [5, 5.41) is 5.37. The highest BCUT2D eigenvalue weighted by Gasteiger charge is 2.12. The summed E-state index contributed by atoms with van der Waals surface area (Å²) >= 11 is 12.2. The predicted octanol–water partition coefficient (Wildman–Crippen LogP) is 3.12. The zero-order valence-electron chi connectivity index (χ0n) is 11.5. The van der Waals surface area contributed by atoms with Gasteiger partial charge in [0.15, 0.2) is 0 Å². The van der Waals surface area contributed by atoms with Crippen LogP contribution in [-0.2, 0) is 20.1 Å². The third-order valence-electron chi connectivity index (χ3n) is 2.96. The third-order valence-corrected chi connectivity index (χ3v) is 3.46. The largest absolute Gasteiger partial charge is 0.485 e. The van der Waals surface area contributed by atoms with Crippen LogP contribution in [0.1, 0.15) is 17.0 Å². The number of halogens is 2. The molecule has 0 fully saturated rings.